The van der Waals surface area contributed by atoms with Gasteiger partial charge in [-0.25, -0.2) is 4.79 Å². The first kappa shape index (κ1) is 15.0. The van der Waals surface area contributed by atoms with E-state index in [1.807, 2.05) is 32.0 Å². The van der Waals surface area contributed by atoms with E-state index in [1.54, 1.807) is 19.1 Å². The highest BCUT2D eigenvalue weighted by Gasteiger charge is 2.03. The summed E-state index contributed by atoms with van der Waals surface area (Å²) in [5, 5.41) is 0. The van der Waals surface area contributed by atoms with Crippen LogP contribution in [0.5, 0.6) is 5.75 Å². The van der Waals surface area contributed by atoms with Gasteiger partial charge in [0.1, 0.15) is 5.75 Å². The minimum absolute atomic E-state index is 0.111. The molecular weight excluding hydrogens is 240 g/mol. The Balaban J connectivity index is 2.87. The fourth-order valence-corrected chi connectivity index (χ4v) is 1.55. The summed E-state index contributed by atoms with van der Waals surface area (Å²) in [6.45, 7) is 9.87. The Bertz CT molecular complexity index is 473. The number of ether oxygens (including phenoxy) is 2. The van der Waals surface area contributed by atoms with Gasteiger partial charge in [-0.1, -0.05) is 18.7 Å². The molecule has 0 fully saturated rings. The average Bonchev–Trinajstić information content (AvgIpc) is 2.37. The normalized spacial score (nSPS) is 10.7. The number of carbonyl (C=O) groups is 1. The lowest BCUT2D eigenvalue weighted by molar-refractivity contribution is -0.137. The van der Waals surface area contributed by atoms with Crippen molar-refractivity contribution in [1.29, 1.82) is 0 Å². The molecule has 0 unspecified atom stereocenters. The summed E-state index contributed by atoms with van der Waals surface area (Å²) in [7, 11) is 0. The summed E-state index contributed by atoms with van der Waals surface area (Å²) >= 11 is 0. The predicted octanol–water partition coefficient (Wildman–Crippen LogP) is 3.69. The monoisotopic (exact) mass is 260 g/mol. The number of hydrogen-bond acceptors (Lipinski definition) is 3. The van der Waals surface area contributed by atoms with Crippen molar-refractivity contribution in [2.75, 3.05) is 6.61 Å². The lowest BCUT2D eigenvalue weighted by atomic mass is 10.1. The van der Waals surface area contributed by atoms with Crippen LogP contribution in [0.15, 0.2) is 30.9 Å². The van der Waals surface area contributed by atoms with Crippen LogP contribution >= 0.6 is 0 Å². The van der Waals surface area contributed by atoms with Crippen LogP contribution in [0.3, 0.4) is 0 Å². The smallest absolute Gasteiger partial charge is 0.330 e. The van der Waals surface area contributed by atoms with Crippen LogP contribution in [0, 0.1) is 0 Å². The van der Waals surface area contributed by atoms with Crippen molar-refractivity contribution < 1.29 is 14.3 Å². The van der Waals surface area contributed by atoms with Crippen molar-refractivity contribution >= 4 is 18.1 Å². The number of benzene rings is 1. The second-order valence-electron chi connectivity index (χ2n) is 4.25. The average molecular weight is 260 g/mol. The zero-order valence-corrected chi connectivity index (χ0v) is 11.7. The Hall–Kier alpha value is -2.03. The lowest BCUT2D eigenvalue weighted by Crippen LogP contribution is -2.06. The standard InChI is InChI=1S/C16H20O3/c1-5-14-11-13(8-10-16(17)18-6-2)7-9-15(14)19-12(3)4/h5,7-12H,1,6H2,2-4H3/b10-8+. The van der Waals surface area contributed by atoms with Crippen LogP contribution in [-0.2, 0) is 9.53 Å². The van der Waals surface area contributed by atoms with Gasteiger partial charge >= 0.3 is 5.97 Å². The minimum Gasteiger partial charge on any atom is -0.490 e. The minimum atomic E-state index is -0.342. The van der Waals surface area contributed by atoms with Crippen LogP contribution in [0.4, 0.5) is 0 Å². The summed E-state index contributed by atoms with van der Waals surface area (Å²) < 4.78 is 10.5. The Morgan fingerprint density at radius 1 is 1.42 bits per heavy atom. The second-order valence-corrected chi connectivity index (χ2v) is 4.25. The number of hydrogen-bond donors (Lipinski definition) is 0. The van der Waals surface area contributed by atoms with Crippen molar-refractivity contribution in [2.24, 2.45) is 0 Å². The third-order valence-electron chi connectivity index (χ3n) is 2.31. The topological polar surface area (TPSA) is 35.5 Å². The van der Waals surface area contributed by atoms with Crippen LogP contribution < -0.4 is 4.74 Å². The van der Waals surface area contributed by atoms with E-state index in [2.05, 4.69) is 6.58 Å². The van der Waals surface area contributed by atoms with Crippen LogP contribution in [0.2, 0.25) is 0 Å². The molecule has 0 bridgehead atoms. The summed E-state index contributed by atoms with van der Waals surface area (Å²) in [6.07, 6.45) is 4.97. The molecule has 0 aliphatic rings. The molecule has 0 amide bonds. The van der Waals surface area contributed by atoms with Crippen molar-refractivity contribution in [3.63, 3.8) is 0 Å². The molecule has 1 aromatic rings. The molecule has 0 aliphatic carbocycles. The summed E-state index contributed by atoms with van der Waals surface area (Å²) in [6, 6.07) is 5.68. The summed E-state index contributed by atoms with van der Waals surface area (Å²) in [4.78, 5) is 11.2. The zero-order valence-electron chi connectivity index (χ0n) is 11.7. The van der Waals surface area contributed by atoms with E-state index >= 15 is 0 Å². The lowest BCUT2D eigenvalue weighted by Gasteiger charge is -2.12. The van der Waals surface area contributed by atoms with Gasteiger partial charge in [0.15, 0.2) is 0 Å². The fourth-order valence-electron chi connectivity index (χ4n) is 1.55. The maximum atomic E-state index is 11.2. The predicted molar refractivity (Wildman–Crippen MR) is 78.0 cm³/mol. The quantitative estimate of drug-likeness (QED) is 0.578. The van der Waals surface area contributed by atoms with Gasteiger partial charge in [-0.15, -0.1) is 0 Å². The Morgan fingerprint density at radius 2 is 2.16 bits per heavy atom. The molecule has 102 valence electrons. The van der Waals surface area contributed by atoms with Gasteiger partial charge in [-0.05, 0) is 44.5 Å². The van der Waals surface area contributed by atoms with Crippen molar-refractivity contribution in [3.05, 3.63) is 42.0 Å². The van der Waals surface area contributed by atoms with Gasteiger partial charge in [0, 0.05) is 11.6 Å². The van der Waals surface area contributed by atoms with Crippen LogP contribution in [-0.4, -0.2) is 18.7 Å². The molecule has 19 heavy (non-hydrogen) atoms. The van der Waals surface area contributed by atoms with Crippen molar-refractivity contribution in [2.45, 2.75) is 26.9 Å². The first-order valence-electron chi connectivity index (χ1n) is 6.34. The van der Waals surface area contributed by atoms with Gasteiger partial charge in [0.2, 0.25) is 0 Å². The first-order chi connectivity index (χ1) is 9.06. The molecule has 3 nitrogen and oxygen atoms in total. The Kier molecular flexibility index (Phi) is 5.86. The van der Waals surface area contributed by atoms with Gasteiger partial charge in [0.25, 0.3) is 0 Å². The number of carbonyl (C=O) groups excluding carboxylic acids is 1. The highest BCUT2D eigenvalue weighted by Crippen LogP contribution is 2.23. The van der Waals surface area contributed by atoms with E-state index in [-0.39, 0.29) is 12.1 Å². The molecule has 0 saturated heterocycles. The van der Waals surface area contributed by atoms with Gasteiger partial charge in [-0.2, -0.15) is 0 Å². The number of esters is 1. The molecule has 0 spiro atoms. The highest BCUT2D eigenvalue weighted by atomic mass is 16.5. The molecule has 0 aliphatic heterocycles. The summed E-state index contributed by atoms with van der Waals surface area (Å²) in [5.74, 6) is 0.448. The molecule has 0 radical (unpaired) electrons. The largest absolute Gasteiger partial charge is 0.490 e. The van der Waals surface area contributed by atoms with E-state index in [0.717, 1.165) is 16.9 Å². The van der Waals surface area contributed by atoms with E-state index in [9.17, 15) is 4.79 Å². The molecule has 3 heteroatoms. The van der Waals surface area contributed by atoms with E-state index < -0.39 is 0 Å². The first-order valence-corrected chi connectivity index (χ1v) is 6.34. The Morgan fingerprint density at radius 3 is 2.74 bits per heavy atom. The molecular formula is C16H20O3. The van der Waals surface area contributed by atoms with Gasteiger partial charge in [-0.3, -0.25) is 0 Å². The zero-order chi connectivity index (χ0) is 14.3. The molecule has 1 rings (SSSR count). The summed E-state index contributed by atoms with van der Waals surface area (Å²) in [5.41, 5.74) is 1.80. The SMILES string of the molecule is C=Cc1cc(/C=C/C(=O)OCC)ccc1OC(C)C. The highest BCUT2D eigenvalue weighted by molar-refractivity contribution is 5.87. The Labute approximate surface area is 114 Å². The third-order valence-corrected chi connectivity index (χ3v) is 2.31. The van der Waals surface area contributed by atoms with Crippen LogP contribution in [0.1, 0.15) is 31.9 Å². The maximum Gasteiger partial charge on any atom is 0.330 e. The van der Waals surface area contributed by atoms with Gasteiger partial charge < -0.3 is 9.47 Å². The van der Waals surface area contributed by atoms with E-state index in [0.29, 0.717) is 6.61 Å². The molecule has 0 heterocycles. The van der Waals surface area contributed by atoms with Crippen LogP contribution in [0.25, 0.3) is 12.2 Å². The van der Waals surface area contributed by atoms with Crippen molar-refractivity contribution in [1.82, 2.24) is 0 Å². The van der Waals surface area contributed by atoms with Gasteiger partial charge in [0.05, 0.1) is 12.7 Å². The fraction of sp³-hybridized carbons (Fsp3) is 0.312. The van der Waals surface area contributed by atoms with E-state index in [4.69, 9.17) is 9.47 Å². The molecule has 0 N–H and O–H groups in total. The molecule has 0 atom stereocenters. The second kappa shape index (κ2) is 7.41. The van der Waals surface area contributed by atoms with E-state index in [1.165, 1.54) is 6.08 Å². The molecule has 0 aromatic heterocycles. The molecule has 1 aromatic carbocycles. The molecule has 0 saturated carbocycles. The van der Waals surface area contributed by atoms with Crippen molar-refractivity contribution in [3.8, 4) is 5.75 Å². The number of rotatable bonds is 6. The maximum absolute atomic E-state index is 11.2. The third kappa shape index (κ3) is 5.00.